The first-order valence-corrected chi connectivity index (χ1v) is 13.2. The molecule has 0 N–H and O–H groups in total. The standard InChI is InChI=1S/C31H43N/c1-3-5-7-9-12-21-28(22-13-10-8-6-4-2)32(29-23-14-11-15-24-29)31-26-18-20-27-19-16-17-25-30(27)31/h11,14-20,23-26,28H,3-10,12-13,21-22H2,1-2H3. The number of nitrogens with zero attached hydrogens (tertiary/aromatic N) is 1. The molecule has 0 aliphatic carbocycles. The van der Waals surface area contributed by atoms with Crippen LogP contribution in [-0.2, 0) is 0 Å². The number of para-hydroxylation sites is 1. The molecule has 1 nitrogen and oxygen atoms in total. The Labute approximate surface area is 196 Å². The van der Waals surface area contributed by atoms with Gasteiger partial charge in [0.15, 0.2) is 0 Å². The van der Waals surface area contributed by atoms with Crippen molar-refractivity contribution in [1.29, 1.82) is 0 Å². The Bertz CT molecular complexity index is 866. The minimum atomic E-state index is 0.548. The number of hydrogen-bond acceptors (Lipinski definition) is 1. The fourth-order valence-corrected chi connectivity index (χ4v) is 4.92. The maximum absolute atomic E-state index is 2.67. The van der Waals surface area contributed by atoms with Crippen LogP contribution in [0, 0.1) is 0 Å². The lowest BCUT2D eigenvalue weighted by molar-refractivity contribution is 0.481. The zero-order valence-electron chi connectivity index (χ0n) is 20.4. The lowest BCUT2D eigenvalue weighted by Crippen LogP contribution is -2.31. The van der Waals surface area contributed by atoms with Crippen molar-refractivity contribution >= 4 is 22.1 Å². The normalized spacial score (nSPS) is 11.3. The zero-order valence-corrected chi connectivity index (χ0v) is 20.4. The monoisotopic (exact) mass is 429 g/mol. The van der Waals surface area contributed by atoms with E-state index in [0.717, 1.165) is 0 Å². The maximum Gasteiger partial charge on any atom is 0.0493 e. The third kappa shape index (κ3) is 7.12. The molecule has 0 aliphatic rings. The molecule has 0 saturated heterocycles. The van der Waals surface area contributed by atoms with Gasteiger partial charge in [0.1, 0.15) is 0 Å². The molecule has 0 saturated carbocycles. The van der Waals surface area contributed by atoms with Gasteiger partial charge in [0, 0.05) is 22.8 Å². The Morgan fingerprint density at radius 3 is 1.78 bits per heavy atom. The average molecular weight is 430 g/mol. The van der Waals surface area contributed by atoms with Gasteiger partial charge >= 0.3 is 0 Å². The number of rotatable bonds is 15. The van der Waals surface area contributed by atoms with E-state index in [1.165, 1.54) is 99.2 Å². The van der Waals surface area contributed by atoms with Crippen molar-refractivity contribution < 1.29 is 0 Å². The van der Waals surface area contributed by atoms with Crippen LogP contribution in [0.1, 0.15) is 90.9 Å². The summed E-state index contributed by atoms with van der Waals surface area (Å²) in [7, 11) is 0. The molecule has 0 radical (unpaired) electrons. The first kappa shape index (κ1) is 24.4. The first-order valence-electron chi connectivity index (χ1n) is 13.2. The molecule has 0 spiro atoms. The molecular formula is C31H43N. The van der Waals surface area contributed by atoms with E-state index in [1.54, 1.807) is 0 Å². The predicted molar refractivity (Wildman–Crippen MR) is 143 cm³/mol. The number of anilines is 2. The summed E-state index contributed by atoms with van der Waals surface area (Å²) in [6.07, 6.45) is 16.0. The van der Waals surface area contributed by atoms with Gasteiger partial charge < -0.3 is 4.90 Å². The van der Waals surface area contributed by atoms with Crippen molar-refractivity contribution in [3.63, 3.8) is 0 Å². The second-order valence-electron chi connectivity index (χ2n) is 9.26. The molecule has 0 bridgehead atoms. The van der Waals surface area contributed by atoms with Crippen molar-refractivity contribution in [2.24, 2.45) is 0 Å². The molecule has 0 aromatic heterocycles. The van der Waals surface area contributed by atoms with Gasteiger partial charge in [-0.3, -0.25) is 0 Å². The van der Waals surface area contributed by atoms with Crippen molar-refractivity contribution in [1.82, 2.24) is 0 Å². The first-order chi connectivity index (χ1) is 15.8. The summed E-state index contributed by atoms with van der Waals surface area (Å²) in [4.78, 5) is 2.67. The number of unbranched alkanes of at least 4 members (excludes halogenated alkanes) is 8. The summed E-state index contributed by atoms with van der Waals surface area (Å²) in [5.74, 6) is 0. The fourth-order valence-electron chi connectivity index (χ4n) is 4.92. The fraction of sp³-hybridized carbons (Fsp3) is 0.484. The van der Waals surface area contributed by atoms with Crippen molar-refractivity contribution in [2.75, 3.05) is 4.90 Å². The molecule has 32 heavy (non-hydrogen) atoms. The lowest BCUT2D eigenvalue weighted by atomic mass is 9.96. The van der Waals surface area contributed by atoms with Crippen LogP contribution in [0.5, 0.6) is 0 Å². The minimum Gasteiger partial charge on any atom is -0.338 e. The molecule has 0 amide bonds. The Kier molecular flexibility index (Phi) is 10.7. The molecular weight excluding hydrogens is 386 g/mol. The highest BCUT2D eigenvalue weighted by Crippen LogP contribution is 2.36. The highest BCUT2D eigenvalue weighted by atomic mass is 15.2. The second kappa shape index (κ2) is 14.0. The molecule has 0 fully saturated rings. The van der Waals surface area contributed by atoms with Gasteiger partial charge in [-0.2, -0.15) is 0 Å². The Morgan fingerprint density at radius 1 is 0.562 bits per heavy atom. The van der Waals surface area contributed by atoms with Crippen LogP contribution in [0.3, 0.4) is 0 Å². The quantitative estimate of drug-likeness (QED) is 0.217. The number of hydrogen-bond donors (Lipinski definition) is 0. The third-order valence-corrected chi connectivity index (χ3v) is 6.71. The largest absolute Gasteiger partial charge is 0.338 e. The summed E-state index contributed by atoms with van der Waals surface area (Å²) in [6.45, 7) is 4.60. The molecule has 3 aromatic rings. The van der Waals surface area contributed by atoms with E-state index in [0.29, 0.717) is 6.04 Å². The van der Waals surface area contributed by atoms with Crippen LogP contribution in [0.15, 0.2) is 72.8 Å². The molecule has 1 heteroatoms. The van der Waals surface area contributed by atoms with Gasteiger partial charge in [-0.1, -0.05) is 133 Å². The van der Waals surface area contributed by atoms with E-state index in [2.05, 4.69) is 91.5 Å². The van der Waals surface area contributed by atoms with Crippen LogP contribution < -0.4 is 4.90 Å². The molecule has 0 unspecified atom stereocenters. The van der Waals surface area contributed by atoms with Crippen LogP contribution in [0.4, 0.5) is 11.4 Å². The van der Waals surface area contributed by atoms with Crippen molar-refractivity contribution in [2.45, 2.75) is 96.9 Å². The Morgan fingerprint density at radius 2 is 1.12 bits per heavy atom. The van der Waals surface area contributed by atoms with Gasteiger partial charge in [-0.25, -0.2) is 0 Å². The van der Waals surface area contributed by atoms with E-state index in [9.17, 15) is 0 Å². The molecule has 3 aromatic carbocycles. The molecule has 0 aliphatic heterocycles. The number of benzene rings is 3. The van der Waals surface area contributed by atoms with E-state index < -0.39 is 0 Å². The number of fused-ring (bicyclic) bond motifs is 1. The van der Waals surface area contributed by atoms with Gasteiger partial charge in [-0.15, -0.1) is 0 Å². The van der Waals surface area contributed by atoms with Crippen LogP contribution in [0.25, 0.3) is 10.8 Å². The van der Waals surface area contributed by atoms with Crippen molar-refractivity contribution in [3.8, 4) is 0 Å². The van der Waals surface area contributed by atoms with E-state index in [1.807, 2.05) is 0 Å². The molecule has 3 rings (SSSR count). The summed E-state index contributed by atoms with van der Waals surface area (Å²) in [5.41, 5.74) is 2.69. The average Bonchev–Trinajstić information content (AvgIpc) is 2.84. The lowest BCUT2D eigenvalue weighted by Gasteiger charge is -2.35. The molecule has 0 heterocycles. The van der Waals surface area contributed by atoms with Gasteiger partial charge in [0.2, 0.25) is 0 Å². The summed E-state index contributed by atoms with van der Waals surface area (Å²) in [6, 6.07) is 27.3. The highest BCUT2D eigenvalue weighted by molar-refractivity contribution is 5.96. The van der Waals surface area contributed by atoms with Crippen molar-refractivity contribution in [3.05, 3.63) is 72.8 Å². The van der Waals surface area contributed by atoms with Crippen LogP contribution in [0.2, 0.25) is 0 Å². The summed E-state index contributed by atoms with van der Waals surface area (Å²) in [5, 5.41) is 2.69. The molecule has 0 atom stereocenters. The SMILES string of the molecule is CCCCCCCC(CCCCCCC)N(c1ccccc1)c1cccc2ccccc12. The topological polar surface area (TPSA) is 3.24 Å². The minimum absolute atomic E-state index is 0.548. The van der Waals surface area contributed by atoms with E-state index in [4.69, 9.17) is 0 Å². The van der Waals surface area contributed by atoms with Crippen LogP contribution in [-0.4, -0.2) is 6.04 Å². The predicted octanol–water partition coefficient (Wildman–Crippen LogP) is 10.1. The van der Waals surface area contributed by atoms with E-state index >= 15 is 0 Å². The third-order valence-electron chi connectivity index (χ3n) is 6.71. The van der Waals surface area contributed by atoms with Crippen LogP contribution >= 0.6 is 0 Å². The smallest absolute Gasteiger partial charge is 0.0493 e. The second-order valence-corrected chi connectivity index (χ2v) is 9.26. The summed E-state index contributed by atoms with van der Waals surface area (Å²) >= 11 is 0. The van der Waals surface area contributed by atoms with Gasteiger partial charge in [0.05, 0.1) is 0 Å². The Balaban J connectivity index is 1.89. The van der Waals surface area contributed by atoms with Gasteiger partial charge in [-0.05, 0) is 36.4 Å². The van der Waals surface area contributed by atoms with E-state index in [-0.39, 0.29) is 0 Å². The summed E-state index contributed by atoms with van der Waals surface area (Å²) < 4.78 is 0. The highest BCUT2D eigenvalue weighted by Gasteiger charge is 2.22. The maximum atomic E-state index is 2.67. The Hall–Kier alpha value is -2.28. The zero-order chi connectivity index (χ0) is 22.4. The van der Waals surface area contributed by atoms with Gasteiger partial charge in [0.25, 0.3) is 0 Å². The molecule has 172 valence electrons.